The van der Waals surface area contributed by atoms with Crippen molar-refractivity contribution in [3.05, 3.63) is 29.8 Å². The van der Waals surface area contributed by atoms with E-state index in [9.17, 15) is 23.3 Å². The molecule has 1 amide bonds. The number of benzene rings is 1. The van der Waals surface area contributed by atoms with Crippen LogP contribution in [0.5, 0.6) is 0 Å². The van der Waals surface area contributed by atoms with Gasteiger partial charge in [-0.2, -0.15) is 9.57 Å². The number of nitrogens with one attached hydrogen (secondary N) is 1. The highest BCUT2D eigenvalue weighted by Crippen LogP contribution is 2.39. The lowest BCUT2D eigenvalue weighted by Crippen LogP contribution is -2.48. The van der Waals surface area contributed by atoms with Gasteiger partial charge in [0.25, 0.3) is 5.91 Å². The van der Waals surface area contributed by atoms with E-state index in [-0.39, 0.29) is 16.4 Å². The van der Waals surface area contributed by atoms with Gasteiger partial charge in [0.15, 0.2) is 6.61 Å². The molecule has 8 nitrogen and oxygen atoms in total. The molecule has 0 heterocycles. The third kappa shape index (κ3) is 4.88. The summed E-state index contributed by atoms with van der Waals surface area (Å²) in [5, 5.41) is 11.9. The summed E-state index contributed by atoms with van der Waals surface area (Å²) < 4.78 is 31.4. The second-order valence-corrected chi connectivity index (χ2v) is 8.77. The number of sulfonamides is 1. The minimum atomic E-state index is -3.71. The van der Waals surface area contributed by atoms with Crippen LogP contribution in [0, 0.1) is 17.2 Å². The Hall–Kier alpha value is -2.44. The Morgan fingerprint density at radius 1 is 1.32 bits per heavy atom. The SMILES string of the molecule is CCN(CC)S(=O)(=O)c1cccc(C(=O)OCC(=O)N[C@](C)(C#N)C2CC2)c1. The van der Waals surface area contributed by atoms with E-state index in [1.165, 1.54) is 28.6 Å². The van der Waals surface area contributed by atoms with E-state index in [2.05, 4.69) is 11.4 Å². The molecule has 9 heteroatoms. The maximum Gasteiger partial charge on any atom is 0.338 e. The lowest BCUT2D eigenvalue weighted by Gasteiger charge is -2.22. The zero-order valence-electron chi connectivity index (χ0n) is 16.3. The number of carbonyl (C=O) groups is 2. The van der Waals surface area contributed by atoms with Gasteiger partial charge in [0.05, 0.1) is 16.5 Å². The Balaban J connectivity index is 2.03. The van der Waals surface area contributed by atoms with E-state index in [1.54, 1.807) is 20.8 Å². The molecule has 0 bridgehead atoms. The molecular formula is C19H25N3O5S. The molecule has 1 saturated carbocycles. The average Bonchev–Trinajstić information content (AvgIpc) is 3.52. The van der Waals surface area contributed by atoms with Crippen LogP contribution in [-0.4, -0.2) is 49.8 Å². The normalized spacial score (nSPS) is 16.1. The van der Waals surface area contributed by atoms with Gasteiger partial charge < -0.3 is 10.1 Å². The highest BCUT2D eigenvalue weighted by molar-refractivity contribution is 7.89. The van der Waals surface area contributed by atoms with E-state index >= 15 is 0 Å². The predicted molar refractivity (Wildman–Crippen MR) is 102 cm³/mol. The summed E-state index contributed by atoms with van der Waals surface area (Å²) >= 11 is 0. The molecule has 0 radical (unpaired) electrons. The van der Waals surface area contributed by atoms with Gasteiger partial charge in [0, 0.05) is 13.1 Å². The van der Waals surface area contributed by atoms with E-state index in [0.29, 0.717) is 13.1 Å². The molecule has 1 atom stereocenters. The molecule has 28 heavy (non-hydrogen) atoms. The van der Waals surface area contributed by atoms with Crippen molar-refractivity contribution in [1.29, 1.82) is 5.26 Å². The fourth-order valence-electron chi connectivity index (χ4n) is 2.92. The number of hydrogen-bond acceptors (Lipinski definition) is 6. The van der Waals surface area contributed by atoms with E-state index in [1.807, 2.05) is 0 Å². The molecule has 1 fully saturated rings. The molecule has 1 aromatic carbocycles. The first-order valence-corrected chi connectivity index (χ1v) is 10.6. The topological polar surface area (TPSA) is 117 Å². The summed E-state index contributed by atoms with van der Waals surface area (Å²) in [5.74, 6) is -1.27. The first kappa shape index (κ1) is 21.9. The van der Waals surface area contributed by atoms with Crippen molar-refractivity contribution in [2.45, 2.75) is 44.0 Å². The van der Waals surface area contributed by atoms with Crippen LogP contribution in [0.2, 0.25) is 0 Å². The maximum atomic E-state index is 12.6. The standard InChI is InChI=1S/C19H25N3O5S/c1-4-22(5-2)28(25,26)16-8-6-7-14(11-16)18(24)27-12-17(23)21-19(3,13-20)15-9-10-15/h6-8,11,15H,4-5,9-10,12H2,1-3H3,(H,21,23)/t19-/m1/s1. The molecule has 0 unspecified atom stereocenters. The Morgan fingerprint density at radius 3 is 2.50 bits per heavy atom. The van der Waals surface area contributed by atoms with Gasteiger partial charge in [-0.3, -0.25) is 4.79 Å². The number of amides is 1. The molecule has 2 rings (SSSR count). The molecule has 0 aliphatic heterocycles. The van der Waals surface area contributed by atoms with Crippen LogP contribution in [0.15, 0.2) is 29.2 Å². The molecular weight excluding hydrogens is 382 g/mol. The van der Waals surface area contributed by atoms with Crippen molar-refractivity contribution in [3.63, 3.8) is 0 Å². The van der Waals surface area contributed by atoms with Crippen LogP contribution in [0.25, 0.3) is 0 Å². The fraction of sp³-hybridized carbons (Fsp3) is 0.526. The highest BCUT2D eigenvalue weighted by atomic mass is 32.2. The fourth-order valence-corrected chi connectivity index (χ4v) is 4.42. The van der Waals surface area contributed by atoms with Crippen LogP contribution in [0.1, 0.15) is 44.0 Å². The van der Waals surface area contributed by atoms with Crippen LogP contribution >= 0.6 is 0 Å². The second-order valence-electron chi connectivity index (χ2n) is 6.83. The Morgan fingerprint density at radius 2 is 1.96 bits per heavy atom. The third-order valence-corrected chi connectivity index (χ3v) is 6.82. The van der Waals surface area contributed by atoms with Crippen LogP contribution in [0.3, 0.4) is 0 Å². The average molecular weight is 407 g/mol. The van der Waals surface area contributed by atoms with Gasteiger partial charge in [-0.25, -0.2) is 13.2 Å². The number of rotatable bonds is 9. The molecule has 0 aromatic heterocycles. The first-order chi connectivity index (χ1) is 13.2. The summed E-state index contributed by atoms with van der Waals surface area (Å²) in [4.78, 5) is 24.3. The van der Waals surface area contributed by atoms with Gasteiger partial charge in [-0.15, -0.1) is 0 Å². The van der Waals surface area contributed by atoms with E-state index in [0.717, 1.165) is 12.8 Å². The smallest absolute Gasteiger partial charge is 0.338 e. The number of nitriles is 1. The molecule has 1 N–H and O–H groups in total. The van der Waals surface area contributed by atoms with Crippen LogP contribution in [-0.2, 0) is 19.6 Å². The largest absolute Gasteiger partial charge is 0.452 e. The van der Waals surface area contributed by atoms with Gasteiger partial charge in [-0.05, 0) is 43.9 Å². The molecule has 1 aliphatic carbocycles. The van der Waals surface area contributed by atoms with Crippen LogP contribution < -0.4 is 5.32 Å². The van der Waals surface area contributed by atoms with Crippen molar-refractivity contribution >= 4 is 21.9 Å². The summed E-state index contributed by atoms with van der Waals surface area (Å²) in [6.45, 7) is 5.18. The van der Waals surface area contributed by atoms with Gasteiger partial charge in [0.1, 0.15) is 5.54 Å². The first-order valence-electron chi connectivity index (χ1n) is 9.17. The molecule has 0 saturated heterocycles. The van der Waals surface area contributed by atoms with Crippen molar-refractivity contribution in [3.8, 4) is 6.07 Å². The van der Waals surface area contributed by atoms with Crippen LogP contribution in [0.4, 0.5) is 0 Å². The number of nitrogens with zero attached hydrogens (tertiary/aromatic N) is 2. The molecule has 152 valence electrons. The van der Waals surface area contributed by atoms with Gasteiger partial charge >= 0.3 is 5.97 Å². The van der Waals surface area contributed by atoms with E-state index in [4.69, 9.17) is 4.74 Å². The summed E-state index contributed by atoms with van der Waals surface area (Å²) in [6, 6.07) is 7.61. The monoisotopic (exact) mass is 407 g/mol. The summed E-state index contributed by atoms with van der Waals surface area (Å²) in [5.41, 5.74) is -0.937. The third-order valence-electron chi connectivity index (χ3n) is 4.77. The minimum absolute atomic E-state index is 0.0131. The van der Waals surface area contributed by atoms with Crippen molar-refractivity contribution < 1.29 is 22.7 Å². The van der Waals surface area contributed by atoms with Crippen molar-refractivity contribution in [2.24, 2.45) is 5.92 Å². The van der Waals surface area contributed by atoms with E-state index < -0.39 is 34.0 Å². The zero-order valence-corrected chi connectivity index (χ0v) is 17.1. The van der Waals surface area contributed by atoms with Gasteiger partial charge in [-0.1, -0.05) is 19.9 Å². The van der Waals surface area contributed by atoms with Crippen molar-refractivity contribution in [1.82, 2.24) is 9.62 Å². The maximum absolute atomic E-state index is 12.6. The minimum Gasteiger partial charge on any atom is -0.452 e. The highest BCUT2D eigenvalue weighted by Gasteiger charge is 2.43. The lowest BCUT2D eigenvalue weighted by molar-refractivity contribution is -0.125. The summed E-state index contributed by atoms with van der Waals surface area (Å²) in [7, 11) is -3.71. The Labute approximate surface area is 165 Å². The Bertz CT molecular complexity index is 885. The lowest BCUT2D eigenvalue weighted by atomic mass is 9.98. The Kier molecular flexibility index (Phi) is 6.80. The number of hydrogen-bond donors (Lipinski definition) is 1. The van der Waals surface area contributed by atoms with Crippen molar-refractivity contribution in [2.75, 3.05) is 19.7 Å². The number of carbonyl (C=O) groups excluding carboxylic acids is 2. The number of ether oxygens (including phenoxy) is 1. The molecule has 1 aliphatic rings. The zero-order chi connectivity index (χ0) is 20.9. The summed E-state index contributed by atoms with van der Waals surface area (Å²) in [6.07, 6.45) is 1.75. The second kappa shape index (κ2) is 8.71. The molecule has 0 spiro atoms. The quantitative estimate of drug-likeness (QED) is 0.623. The predicted octanol–water partition coefficient (Wildman–Crippen LogP) is 1.68. The van der Waals surface area contributed by atoms with Gasteiger partial charge in [0.2, 0.25) is 10.0 Å². The number of esters is 1. The molecule has 1 aromatic rings.